The fraction of sp³-hybridized carbons (Fsp3) is 0.533. The number of carbonyl (C=O) groups excluding carboxylic acids is 2. The number of para-hydroxylation sites is 1. The van der Waals surface area contributed by atoms with Gasteiger partial charge >= 0.3 is 6.18 Å². The molecule has 2 aliphatic rings. The molecule has 1 aliphatic carbocycles. The molecule has 2 fully saturated rings. The third-order valence-corrected chi connectivity index (χ3v) is 8.16. The van der Waals surface area contributed by atoms with Gasteiger partial charge < -0.3 is 19.9 Å². The van der Waals surface area contributed by atoms with Crippen molar-refractivity contribution in [1.29, 1.82) is 0 Å². The number of nitrogens with zero attached hydrogens (tertiary/aromatic N) is 2. The van der Waals surface area contributed by atoms with E-state index in [1.165, 1.54) is 6.07 Å². The number of halogens is 3. The maximum absolute atomic E-state index is 14.2. The summed E-state index contributed by atoms with van der Waals surface area (Å²) in [6, 6.07) is 9.35. The number of alkyl halides is 3. The summed E-state index contributed by atoms with van der Waals surface area (Å²) in [6.07, 6.45) is -1.83. The molecule has 2 unspecified atom stereocenters. The summed E-state index contributed by atoms with van der Waals surface area (Å²) in [5.41, 5.74) is 0.524. The predicted molar refractivity (Wildman–Crippen MR) is 146 cm³/mol. The lowest BCUT2D eigenvalue weighted by Crippen LogP contribution is -2.53. The van der Waals surface area contributed by atoms with Gasteiger partial charge in [0.25, 0.3) is 0 Å². The summed E-state index contributed by atoms with van der Waals surface area (Å²) in [5, 5.41) is 2.76. The Labute approximate surface area is 228 Å². The van der Waals surface area contributed by atoms with Crippen LogP contribution < -0.4 is 15.0 Å². The van der Waals surface area contributed by atoms with E-state index in [9.17, 15) is 22.8 Å². The molecular weight excluding hydrogens is 507 g/mol. The molecule has 0 spiro atoms. The number of aryl methyl sites for hydroxylation is 2. The molecule has 1 saturated heterocycles. The molecule has 1 N–H and O–H groups in total. The number of anilines is 2. The smallest absolute Gasteiger partial charge is 0.416 e. The molecule has 0 radical (unpaired) electrons. The average Bonchev–Trinajstić information content (AvgIpc) is 3.02. The maximum atomic E-state index is 14.2. The molecule has 0 bridgehead atoms. The van der Waals surface area contributed by atoms with Crippen LogP contribution in [0.15, 0.2) is 36.4 Å². The predicted octanol–water partition coefficient (Wildman–Crippen LogP) is 6.20. The molecular formula is C30H38F3N3O3. The zero-order valence-corrected chi connectivity index (χ0v) is 23.5. The molecule has 2 amide bonds. The Kier molecular flexibility index (Phi) is 8.03. The van der Waals surface area contributed by atoms with Crippen molar-refractivity contribution in [3.05, 3.63) is 53.1 Å². The number of benzene rings is 2. The molecule has 39 heavy (non-hydrogen) atoms. The third kappa shape index (κ3) is 5.78. The molecule has 0 aromatic heterocycles. The van der Waals surface area contributed by atoms with Gasteiger partial charge in [-0.3, -0.25) is 9.59 Å². The van der Waals surface area contributed by atoms with Crippen LogP contribution in [0, 0.1) is 25.2 Å². The van der Waals surface area contributed by atoms with Crippen LogP contribution in [-0.2, 0) is 15.8 Å². The van der Waals surface area contributed by atoms with E-state index in [0.29, 0.717) is 12.6 Å². The average molecular weight is 546 g/mol. The minimum absolute atomic E-state index is 0.0127. The summed E-state index contributed by atoms with van der Waals surface area (Å²) in [4.78, 5) is 31.7. The second-order valence-corrected chi connectivity index (χ2v) is 11.4. The van der Waals surface area contributed by atoms with E-state index >= 15 is 0 Å². The van der Waals surface area contributed by atoms with Crippen LogP contribution in [0.4, 0.5) is 24.5 Å². The summed E-state index contributed by atoms with van der Waals surface area (Å²) < 4.78 is 46.7. The van der Waals surface area contributed by atoms with Gasteiger partial charge in [-0.25, -0.2) is 0 Å². The quantitative estimate of drug-likeness (QED) is 0.429. The summed E-state index contributed by atoms with van der Waals surface area (Å²) in [6.45, 7) is 9.50. The first kappa shape index (κ1) is 28.9. The molecule has 4 rings (SSSR count). The lowest BCUT2D eigenvalue weighted by molar-refractivity contribution is -0.137. The Bertz CT molecular complexity index is 1220. The van der Waals surface area contributed by atoms with E-state index in [-0.39, 0.29) is 30.0 Å². The molecule has 1 heterocycles. The molecule has 2 aromatic carbocycles. The first-order valence-corrected chi connectivity index (χ1v) is 13.5. The Morgan fingerprint density at radius 3 is 2.36 bits per heavy atom. The van der Waals surface area contributed by atoms with Crippen LogP contribution in [0.2, 0.25) is 0 Å². The van der Waals surface area contributed by atoms with Crippen LogP contribution in [0.1, 0.15) is 56.7 Å². The van der Waals surface area contributed by atoms with Gasteiger partial charge in [-0.15, -0.1) is 0 Å². The van der Waals surface area contributed by atoms with Gasteiger partial charge in [0, 0.05) is 36.6 Å². The lowest BCUT2D eigenvalue weighted by Gasteiger charge is -2.41. The van der Waals surface area contributed by atoms with Gasteiger partial charge in [-0.2, -0.15) is 13.2 Å². The Balaban J connectivity index is 1.74. The minimum atomic E-state index is -4.62. The molecule has 212 valence electrons. The van der Waals surface area contributed by atoms with Crippen LogP contribution in [0.5, 0.6) is 5.75 Å². The van der Waals surface area contributed by atoms with Crippen molar-refractivity contribution in [1.82, 2.24) is 4.90 Å². The number of carbonyl (C=O) groups is 2. The monoisotopic (exact) mass is 545 g/mol. The second kappa shape index (κ2) is 10.8. The fourth-order valence-electron chi connectivity index (χ4n) is 5.75. The molecule has 2 aromatic rings. The van der Waals surface area contributed by atoms with Crippen LogP contribution in [0.3, 0.4) is 0 Å². The Hall–Kier alpha value is -3.07. The van der Waals surface area contributed by atoms with Gasteiger partial charge in [0.1, 0.15) is 5.75 Å². The molecule has 9 heteroatoms. The highest BCUT2D eigenvalue weighted by Gasteiger charge is 2.56. The van der Waals surface area contributed by atoms with Crippen molar-refractivity contribution in [2.45, 2.75) is 72.2 Å². The van der Waals surface area contributed by atoms with Crippen LogP contribution in [0.25, 0.3) is 0 Å². The standard InChI is InChI=1S/C30H38F3N3O3/c1-18(2)39-25-14-22(30(31,32)33)13-23(15-25)34-28(38)29(16-35(6)24-11-8-12-24)17-36(27(37)21(29)5)26-19(3)9-7-10-20(26)4/h7,9-10,13-15,18,21,24H,8,11-12,16-17H2,1-6H3,(H,34,38). The molecule has 1 saturated carbocycles. The van der Waals surface area contributed by atoms with E-state index in [1.807, 2.05) is 39.1 Å². The third-order valence-electron chi connectivity index (χ3n) is 8.16. The molecule has 6 nitrogen and oxygen atoms in total. The van der Waals surface area contributed by atoms with Gasteiger partial charge in [0.05, 0.1) is 23.0 Å². The summed E-state index contributed by atoms with van der Waals surface area (Å²) in [7, 11) is 1.95. The van der Waals surface area contributed by atoms with E-state index in [0.717, 1.165) is 48.2 Å². The van der Waals surface area contributed by atoms with E-state index in [1.54, 1.807) is 25.7 Å². The lowest BCUT2D eigenvalue weighted by atomic mass is 9.76. The maximum Gasteiger partial charge on any atom is 0.416 e. The Morgan fingerprint density at radius 1 is 1.18 bits per heavy atom. The van der Waals surface area contributed by atoms with Crippen molar-refractivity contribution in [3.63, 3.8) is 0 Å². The van der Waals surface area contributed by atoms with Gasteiger partial charge in [-0.05, 0) is 70.8 Å². The number of ether oxygens (including phenoxy) is 1. The number of hydrogen-bond donors (Lipinski definition) is 1. The van der Waals surface area contributed by atoms with Gasteiger partial charge in [0.15, 0.2) is 0 Å². The number of amides is 2. The second-order valence-electron chi connectivity index (χ2n) is 11.4. The van der Waals surface area contributed by atoms with Gasteiger partial charge in [-0.1, -0.05) is 31.5 Å². The zero-order valence-electron chi connectivity index (χ0n) is 23.5. The highest BCUT2D eigenvalue weighted by molar-refractivity contribution is 6.08. The van der Waals surface area contributed by atoms with Gasteiger partial charge in [0.2, 0.25) is 11.8 Å². The van der Waals surface area contributed by atoms with Crippen molar-refractivity contribution >= 4 is 23.2 Å². The SMILES string of the molecule is Cc1cccc(C)c1N1CC(CN(C)C2CCC2)(C(=O)Nc2cc(OC(C)C)cc(C(F)(F)F)c2)C(C)C1=O. The summed E-state index contributed by atoms with van der Waals surface area (Å²) >= 11 is 0. The largest absolute Gasteiger partial charge is 0.491 e. The molecule has 2 atom stereocenters. The first-order chi connectivity index (χ1) is 18.2. The topological polar surface area (TPSA) is 61.9 Å². The summed E-state index contributed by atoms with van der Waals surface area (Å²) in [5.74, 6) is -1.31. The minimum Gasteiger partial charge on any atom is -0.491 e. The van der Waals surface area contributed by atoms with Crippen LogP contribution >= 0.6 is 0 Å². The molecule has 1 aliphatic heterocycles. The first-order valence-electron chi connectivity index (χ1n) is 13.5. The van der Waals surface area contributed by atoms with E-state index < -0.39 is 29.0 Å². The zero-order chi connectivity index (χ0) is 28.7. The number of hydrogen-bond acceptors (Lipinski definition) is 4. The highest BCUT2D eigenvalue weighted by Crippen LogP contribution is 2.44. The van der Waals surface area contributed by atoms with Crippen molar-refractivity contribution in [2.75, 3.05) is 30.4 Å². The van der Waals surface area contributed by atoms with E-state index in [4.69, 9.17) is 4.74 Å². The van der Waals surface area contributed by atoms with E-state index in [2.05, 4.69) is 10.2 Å². The number of nitrogens with one attached hydrogen (secondary N) is 1. The highest BCUT2D eigenvalue weighted by atomic mass is 19.4. The van der Waals surface area contributed by atoms with Crippen molar-refractivity contribution < 1.29 is 27.5 Å². The fourth-order valence-corrected chi connectivity index (χ4v) is 5.75. The van der Waals surface area contributed by atoms with Crippen molar-refractivity contribution in [2.24, 2.45) is 11.3 Å². The number of rotatable bonds is 8. The van der Waals surface area contributed by atoms with Crippen LogP contribution in [-0.4, -0.2) is 49.0 Å². The Morgan fingerprint density at radius 2 is 1.82 bits per heavy atom. The normalized spacial score (nSPS) is 22.0. The van der Waals surface area contributed by atoms with Crippen molar-refractivity contribution in [3.8, 4) is 5.75 Å².